The third kappa shape index (κ3) is 5.08. The van der Waals surface area contributed by atoms with E-state index in [0.29, 0.717) is 11.8 Å². The average molecular weight is 280 g/mol. The molecular formula is C17H32N2O. The first kappa shape index (κ1) is 15.8. The second-order valence-corrected chi connectivity index (χ2v) is 6.74. The summed E-state index contributed by atoms with van der Waals surface area (Å²) in [5.41, 5.74) is 0. The number of piperidine rings is 1. The minimum Gasteiger partial charge on any atom is -0.342 e. The Kier molecular flexibility index (Phi) is 6.85. The largest absolute Gasteiger partial charge is 0.342 e. The lowest BCUT2D eigenvalue weighted by Crippen LogP contribution is -2.40. The van der Waals surface area contributed by atoms with E-state index in [-0.39, 0.29) is 0 Å². The highest BCUT2D eigenvalue weighted by molar-refractivity contribution is 5.76. The zero-order valence-corrected chi connectivity index (χ0v) is 13.2. The Morgan fingerprint density at radius 3 is 2.40 bits per heavy atom. The fourth-order valence-corrected chi connectivity index (χ4v) is 3.73. The molecule has 1 aliphatic heterocycles. The molecular weight excluding hydrogens is 248 g/mol. The van der Waals surface area contributed by atoms with E-state index in [0.717, 1.165) is 44.9 Å². The minimum absolute atomic E-state index is 0.428. The molecule has 3 heteroatoms. The van der Waals surface area contributed by atoms with Gasteiger partial charge in [-0.15, -0.1) is 0 Å². The molecule has 0 radical (unpaired) electrons. The van der Waals surface area contributed by atoms with E-state index in [2.05, 4.69) is 17.1 Å². The number of nitrogens with one attached hydrogen (secondary N) is 1. The Morgan fingerprint density at radius 1 is 1.05 bits per heavy atom. The SMILES string of the molecule is CCCN(CC1CCNCC1)C(=O)CC1CCCCC1. The summed E-state index contributed by atoms with van der Waals surface area (Å²) >= 11 is 0. The highest BCUT2D eigenvalue weighted by Crippen LogP contribution is 2.27. The number of nitrogens with zero attached hydrogens (tertiary/aromatic N) is 1. The minimum atomic E-state index is 0.428. The molecule has 1 saturated carbocycles. The maximum Gasteiger partial charge on any atom is 0.222 e. The Morgan fingerprint density at radius 2 is 1.75 bits per heavy atom. The van der Waals surface area contributed by atoms with Gasteiger partial charge in [0, 0.05) is 19.5 Å². The molecule has 1 heterocycles. The summed E-state index contributed by atoms with van der Waals surface area (Å²) in [5, 5.41) is 3.41. The van der Waals surface area contributed by atoms with Crippen molar-refractivity contribution in [2.75, 3.05) is 26.2 Å². The zero-order valence-electron chi connectivity index (χ0n) is 13.2. The number of hydrogen-bond donors (Lipinski definition) is 1. The summed E-state index contributed by atoms with van der Waals surface area (Å²) in [4.78, 5) is 14.8. The first-order valence-corrected chi connectivity index (χ1v) is 8.78. The predicted molar refractivity (Wildman–Crippen MR) is 83.7 cm³/mol. The van der Waals surface area contributed by atoms with Crippen LogP contribution < -0.4 is 5.32 Å². The quantitative estimate of drug-likeness (QED) is 0.810. The third-order valence-electron chi connectivity index (χ3n) is 4.97. The summed E-state index contributed by atoms with van der Waals surface area (Å²) < 4.78 is 0. The van der Waals surface area contributed by atoms with Crippen LogP contribution >= 0.6 is 0 Å². The lowest BCUT2D eigenvalue weighted by molar-refractivity contribution is -0.133. The summed E-state index contributed by atoms with van der Waals surface area (Å²) in [6.07, 6.45) is 11.0. The van der Waals surface area contributed by atoms with E-state index < -0.39 is 0 Å². The molecule has 2 fully saturated rings. The first-order valence-electron chi connectivity index (χ1n) is 8.78. The van der Waals surface area contributed by atoms with Gasteiger partial charge < -0.3 is 10.2 Å². The monoisotopic (exact) mass is 280 g/mol. The molecule has 0 aromatic heterocycles. The normalized spacial score (nSPS) is 21.9. The number of hydrogen-bond acceptors (Lipinski definition) is 2. The standard InChI is InChI=1S/C17H32N2O/c1-2-12-19(14-16-8-10-18-11-9-16)17(20)13-15-6-4-3-5-7-15/h15-16,18H,2-14H2,1H3. The van der Waals surface area contributed by atoms with Crippen LogP contribution in [0.1, 0.15) is 64.7 Å². The molecule has 1 N–H and O–H groups in total. The lowest BCUT2D eigenvalue weighted by atomic mass is 9.86. The van der Waals surface area contributed by atoms with Crippen LogP contribution in [0, 0.1) is 11.8 Å². The predicted octanol–water partition coefficient (Wildman–Crippen LogP) is 3.20. The smallest absolute Gasteiger partial charge is 0.222 e. The maximum atomic E-state index is 12.6. The Hall–Kier alpha value is -0.570. The van der Waals surface area contributed by atoms with Crippen molar-refractivity contribution in [3.8, 4) is 0 Å². The second-order valence-electron chi connectivity index (χ2n) is 6.74. The van der Waals surface area contributed by atoms with E-state index in [1.807, 2.05) is 0 Å². The van der Waals surface area contributed by atoms with Crippen LogP contribution in [-0.4, -0.2) is 37.0 Å². The van der Waals surface area contributed by atoms with Crippen LogP contribution in [0.3, 0.4) is 0 Å². The van der Waals surface area contributed by atoms with Crippen molar-refractivity contribution in [2.45, 2.75) is 64.7 Å². The molecule has 0 bridgehead atoms. The van der Waals surface area contributed by atoms with Gasteiger partial charge in [0.25, 0.3) is 0 Å². The van der Waals surface area contributed by atoms with Crippen LogP contribution in [0.25, 0.3) is 0 Å². The number of rotatable bonds is 6. The molecule has 2 rings (SSSR count). The van der Waals surface area contributed by atoms with Gasteiger partial charge >= 0.3 is 0 Å². The summed E-state index contributed by atoms with van der Waals surface area (Å²) in [6.45, 7) is 6.39. The number of carbonyl (C=O) groups is 1. The fourth-order valence-electron chi connectivity index (χ4n) is 3.73. The van der Waals surface area contributed by atoms with E-state index in [9.17, 15) is 4.79 Å². The Bertz CT molecular complexity index is 281. The van der Waals surface area contributed by atoms with Gasteiger partial charge in [0.05, 0.1) is 0 Å². The lowest BCUT2D eigenvalue weighted by Gasteiger charge is -2.31. The van der Waals surface area contributed by atoms with Gasteiger partial charge in [-0.25, -0.2) is 0 Å². The van der Waals surface area contributed by atoms with Crippen molar-refractivity contribution in [1.82, 2.24) is 10.2 Å². The molecule has 0 atom stereocenters. The second kappa shape index (κ2) is 8.66. The Labute approximate surface area is 124 Å². The highest BCUT2D eigenvalue weighted by Gasteiger charge is 2.23. The van der Waals surface area contributed by atoms with Crippen molar-refractivity contribution < 1.29 is 4.79 Å². The molecule has 116 valence electrons. The van der Waals surface area contributed by atoms with Crippen LogP contribution in [-0.2, 0) is 4.79 Å². The number of amides is 1. The molecule has 3 nitrogen and oxygen atoms in total. The van der Waals surface area contributed by atoms with E-state index in [4.69, 9.17) is 0 Å². The van der Waals surface area contributed by atoms with Crippen molar-refractivity contribution >= 4 is 5.91 Å². The van der Waals surface area contributed by atoms with Gasteiger partial charge in [0.15, 0.2) is 0 Å². The number of carbonyl (C=O) groups excluding carboxylic acids is 1. The van der Waals surface area contributed by atoms with Gasteiger partial charge in [-0.3, -0.25) is 4.79 Å². The molecule has 0 aromatic rings. The van der Waals surface area contributed by atoms with Gasteiger partial charge in [-0.05, 0) is 57.0 Å². The summed E-state index contributed by atoms with van der Waals surface area (Å²) in [5.74, 6) is 1.82. The molecule has 20 heavy (non-hydrogen) atoms. The highest BCUT2D eigenvalue weighted by atomic mass is 16.2. The van der Waals surface area contributed by atoms with Crippen molar-refractivity contribution in [3.05, 3.63) is 0 Å². The molecule has 1 saturated heterocycles. The van der Waals surface area contributed by atoms with Crippen LogP contribution in [0.4, 0.5) is 0 Å². The summed E-state index contributed by atoms with van der Waals surface area (Å²) in [7, 11) is 0. The topological polar surface area (TPSA) is 32.3 Å². The summed E-state index contributed by atoms with van der Waals surface area (Å²) in [6, 6.07) is 0. The van der Waals surface area contributed by atoms with Crippen LogP contribution in [0.2, 0.25) is 0 Å². The zero-order chi connectivity index (χ0) is 14.2. The molecule has 1 aliphatic carbocycles. The molecule has 2 aliphatic rings. The van der Waals surface area contributed by atoms with Crippen LogP contribution in [0.5, 0.6) is 0 Å². The molecule has 0 spiro atoms. The van der Waals surface area contributed by atoms with Gasteiger partial charge in [0.1, 0.15) is 0 Å². The third-order valence-corrected chi connectivity index (χ3v) is 4.97. The van der Waals surface area contributed by atoms with Crippen molar-refractivity contribution in [3.63, 3.8) is 0 Å². The molecule has 0 unspecified atom stereocenters. The van der Waals surface area contributed by atoms with Crippen LogP contribution in [0.15, 0.2) is 0 Å². The van der Waals surface area contributed by atoms with Gasteiger partial charge in [-0.1, -0.05) is 26.2 Å². The first-order chi connectivity index (χ1) is 9.79. The Balaban J connectivity index is 1.80. The van der Waals surface area contributed by atoms with E-state index in [1.54, 1.807) is 0 Å². The van der Waals surface area contributed by atoms with E-state index in [1.165, 1.54) is 44.9 Å². The van der Waals surface area contributed by atoms with Gasteiger partial charge in [0.2, 0.25) is 5.91 Å². The molecule has 0 aromatic carbocycles. The van der Waals surface area contributed by atoms with Gasteiger partial charge in [-0.2, -0.15) is 0 Å². The van der Waals surface area contributed by atoms with E-state index >= 15 is 0 Å². The maximum absolute atomic E-state index is 12.6. The average Bonchev–Trinajstić information content (AvgIpc) is 2.49. The van der Waals surface area contributed by atoms with Crippen molar-refractivity contribution in [1.29, 1.82) is 0 Å². The fraction of sp³-hybridized carbons (Fsp3) is 0.941. The van der Waals surface area contributed by atoms with Crippen molar-refractivity contribution in [2.24, 2.45) is 11.8 Å². The molecule has 1 amide bonds.